The van der Waals surface area contributed by atoms with Crippen molar-refractivity contribution in [1.82, 2.24) is 25.1 Å². The third kappa shape index (κ3) is 3.55. The number of rotatable bonds is 3. The maximum Gasteiger partial charge on any atom is 0.147 e. The molecule has 1 N–H and O–H groups in total. The molecule has 6 nitrogen and oxygen atoms in total. The quantitative estimate of drug-likeness (QED) is 0.541. The van der Waals surface area contributed by atoms with Crippen molar-refractivity contribution in [3.63, 3.8) is 0 Å². The molecule has 0 aliphatic carbocycles. The van der Waals surface area contributed by atoms with Crippen molar-refractivity contribution in [3.05, 3.63) is 60.4 Å². The number of benzene rings is 2. The van der Waals surface area contributed by atoms with Gasteiger partial charge in [-0.1, -0.05) is 30.3 Å². The summed E-state index contributed by atoms with van der Waals surface area (Å²) in [6.07, 6.45) is 7.01. The number of hydrogen-bond donors (Lipinski definition) is 1. The van der Waals surface area contributed by atoms with Crippen molar-refractivity contribution < 1.29 is 0 Å². The third-order valence-corrected chi connectivity index (χ3v) is 7.25. The molecule has 4 heterocycles. The third-order valence-electron chi connectivity index (χ3n) is 7.25. The largest absolute Gasteiger partial charge is 0.355 e. The van der Waals surface area contributed by atoms with Gasteiger partial charge in [-0.25, -0.2) is 4.98 Å². The summed E-state index contributed by atoms with van der Waals surface area (Å²) in [5, 5.41) is 9.02. The van der Waals surface area contributed by atoms with Gasteiger partial charge in [-0.05, 0) is 55.8 Å². The minimum atomic E-state index is 0.425. The highest BCUT2D eigenvalue weighted by atomic mass is 15.2. The molecule has 0 radical (unpaired) electrons. The van der Waals surface area contributed by atoms with Crippen LogP contribution in [0.15, 0.2) is 54.7 Å². The molecule has 158 valence electrons. The molecule has 0 bridgehead atoms. The Morgan fingerprint density at radius 1 is 0.871 bits per heavy atom. The smallest absolute Gasteiger partial charge is 0.147 e. The Bertz CT molecular complexity index is 1210. The van der Waals surface area contributed by atoms with E-state index in [0.29, 0.717) is 5.41 Å². The van der Waals surface area contributed by atoms with Crippen LogP contribution in [0.2, 0.25) is 0 Å². The van der Waals surface area contributed by atoms with Crippen LogP contribution in [-0.4, -0.2) is 51.2 Å². The number of nitrogens with zero attached hydrogens (tertiary/aromatic N) is 5. The lowest BCUT2D eigenvalue weighted by molar-refractivity contribution is 0.0599. The van der Waals surface area contributed by atoms with E-state index in [-0.39, 0.29) is 0 Å². The lowest BCUT2D eigenvalue weighted by atomic mass is 9.72. The van der Waals surface area contributed by atoms with Gasteiger partial charge in [0.2, 0.25) is 0 Å². The van der Waals surface area contributed by atoms with Gasteiger partial charge >= 0.3 is 0 Å². The van der Waals surface area contributed by atoms with Gasteiger partial charge in [-0.2, -0.15) is 5.10 Å². The molecule has 4 aromatic rings. The number of anilines is 1. The van der Waals surface area contributed by atoms with E-state index in [9.17, 15) is 0 Å². The van der Waals surface area contributed by atoms with E-state index in [4.69, 9.17) is 4.98 Å². The zero-order valence-corrected chi connectivity index (χ0v) is 17.8. The summed E-state index contributed by atoms with van der Waals surface area (Å²) in [5.41, 5.74) is 4.69. The summed E-state index contributed by atoms with van der Waals surface area (Å²) in [5.74, 6) is 1.02. The molecule has 0 saturated carbocycles. The van der Waals surface area contributed by atoms with Gasteiger partial charge in [0.25, 0.3) is 0 Å². The number of likely N-dealkylation sites (tertiary alicyclic amines) is 1. The second-order valence-electron chi connectivity index (χ2n) is 9.24. The predicted octanol–water partition coefficient (Wildman–Crippen LogP) is 4.39. The topological polar surface area (TPSA) is 60.9 Å². The van der Waals surface area contributed by atoms with Crippen LogP contribution in [0, 0.1) is 5.41 Å². The Balaban J connectivity index is 1.14. The van der Waals surface area contributed by atoms with E-state index in [0.717, 1.165) is 42.0 Å². The minimum absolute atomic E-state index is 0.425. The number of hydrogen-bond acceptors (Lipinski definition) is 5. The molecule has 6 heteroatoms. The molecular formula is C25H28N6. The highest BCUT2D eigenvalue weighted by Gasteiger charge is 2.38. The molecule has 0 amide bonds. The Hall–Kier alpha value is -2.99. The summed E-state index contributed by atoms with van der Waals surface area (Å²) in [6.45, 7) is 5.44. The van der Waals surface area contributed by atoms with E-state index in [1.807, 2.05) is 24.4 Å². The number of aromatic nitrogens is 4. The normalized spacial score (nSPS) is 19.4. The number of piperidine rings is 2. The predicted molar refractivity (Wildman–Crippen MR) is 124 cm³/mol. The molecule has 0 unspecified atom stereocenters. The van der Waals surface area contributed by atoms with Gasteiger partial charge in [0.15, 0.2) is 0 Å². The van der Waals surface area contributed by atoms with E-state index in [1.165, 1.54) is 49.9 Å². The fourth-order valence-corrected chi connectivity index (χ4v) is 5.52. The van der Waals surface area contributed by atoms with Crippen LogP contribution in [0.25, 0.3) is 21.9 Å². The molecule has 2 aliphatic heterocycles. The van der Waals surface area contributed by atoms with Crippen molar-refractivity contribution in [2.75, 3.05) is 31.1 Å². The van der Waals surface area contributed by atoms with Crippen LogP contribution >= 0.6 is 0 Å². The molecule has 0 atom stereocenters. The highest BCUT2D eigenvalue weighted by Crippen LogP contribution is 2.41. The molecule has 1 spiro atoms. The van der Waals surface area contributed by atoms with Crippen LogP contribution in [0.3, 0.4) is 0 Å². The Morgan fingerprint density at radius 2 is 1.65 bits per heavy atom. The van der Waals surface area contributed by atoms with Crippen molar-refractivity contribution in [2.24, 2.45) is 5.41 Å². The van der Waals surface area contributed by atoms with E-state index < -0.39 is 0 Å². The minimum Gasteiger partial charge on any atom is -0.355 e. The highest BCUT2D eigenvalue weighted by molar-refractivity contribution is 5.81. The molecule has 2 aromatic carbocycles. The van der Waals surface area contributed by atoms with Crippen molar-refractivity contribution in [1.29, 1.82) is 0 Å². The summed E-state index contributed by atoms with van der Waals surface area (Å²) in [4.78, 5) is 14.5. The van der Waals surface area contributed by atoms with Gasteiger partial charge in [-0.15, -0.1) is 0 Å². The van der Waals surface area contributed by atoms with E-state index in [1.54, 1.807) is 0 Å². The first-order valence-corrected chi connectivity index (χ1v) is 11.4. The van der Waals surface area contributed by atoms with Crippen molar-refractivity contribution in [2.45, 2.75) is 32.2 Å². The standard InChI is InChI=1S/C25H28N6/c1-2-7-20-19(6-1)23(29-28-20)17-30-13-5-10-25(18-30)11-14-31(15-12-25)24-16-26-21-8-3-4-9-22(21)27-24/h1-4,6-9,16H,5,10-15,17-18H2,(H,28,29). The van der Waals surface area contributed by atoms with E-state index in [2.05, 4.69) is 55.3 Å². The summed E-state index contributed by atoms with van der Waals surface area (Å²) < 4.78 is 0. The van der Waals surface area contributed by atoms with Crippen molar-refractivity contribution in [3.8, 4) is 0 Å². The number of aromatic amines is 1. The first-order chi connectivity index (χ1) is 15.3. The van der Waals surface area contributed by atoms with Crippen LogP contribution in [0.4, 0.5) is 5.82 Å². The Kier molecular flexibility index (Phi) is 4.60. The fraction of sp³-hybridized carbons (Fsp3) is 0.400. The molecule has 31 heavy (non-hydrogen) atoms. The van der Waals surface area contributed by atoms with Gasteiger partial charge in [0.05, 0.1) is 28.4 Å². The molecule has 6 rings (SSSR count). The maximum absolute atomic E-state index is 4.87. The van der Waals surface area contributed by atoms with Crippen molar-refractivity contribution >= 4 is 27.8 Å². The molecule has 2 aliphatic rings. The summed E-state index contributed by atoms with van der Waals surface area (Å²) >= 11 is 0. The fourth-order valence-electron chi connectivity index (χ4n) is 5.52. The lowest BCUT2D eigenvalue weighted by Gasteiger charge is -2.48. The molecule has 2 aromatic heterocycles. The Labute approximate surface area is 182 Å². The number of H-pyrrole nitrogens is 1. The molecular weight excluding hydrogens is 384 g/mol. The molecule has 2 fully saturated rings. The molecule has 2 saturated heterocycles. The van der Waals surface area contributed by atoms with Gasteiger partial charge in [0, 0.05) is 31.6 Å². The average molecular weight is 413 g/mol. The summed E-state index contributed by atoms with van der Waals surface area (Å²) in [7, 11) is 0. The lowest BCUT2D eigenvalue weighted by Crippen LogP contribution is -2.49. The number of para-hydroxylation sites is 3. The van der Waals surface area contributed by atoms with E-state index >= 15 is 0 Å². The van der Waals surface area contributed by atoms with Gasteiger partial charge in [0.1, 0.15) is 5.82 Å². The zero-order valence-electron chi connectivity index (χ0n) is 17.8. The summed E-state index contributed by atoms with van der Waals surface area (Å²) in [6, 6.07) is 16.5. The first-order valence-electron chi connectivity index (χ1n) is 11.4. The first kappa shape index (κ1) is 18.8. The van der Waals surface area contributed by atoms with Gasteiger partial charge in [-0.3, -0.25) is 15.0 Å². The SMILES string of the molecule is c1ccc2nc(N3CCC4(CCCN(Cc5[nH]nc6ccccc56)C4)CC3)cnc2c1. The van der Waals surface area contributed by atoms with Crippen LogP contribution in [-0.2, 0) is 6.54 Å². The zero-order chi connectivity index (χ0) is 20.7. The maximum atomic E-state index is 4.87. The van der Waals surface area contributed by atoms with Crippen LogP contribution in [0.1, 0.15) is 31.4 Å². The van der Waals surface area contributed by atoms with Crippen LogP contribution in [0.5, 0.6) is 0 Å². The second-order valence-corrected chi connectivity index (χ2v) is 9.24. The van der Waals surface area contributed by atoms with Gasteiger partial charge < -0.3 is 4.90 Å². The number of fused-ring (bicyclic) bond motifs is 2. The Morgan fingerprint density at radius 3 is 2.52 bits per heavy atom. The monoisotopic (exact) mass is 412 g/mol. The number of nitrogens with one attached hydrogen (secondary N) is 1. The second kappa shape index (κ2) is 7.61. The van der Waals surface area contributed by atoms with Crippen LogP contribution < -0.4 is 4.90 Å². The average Bonchev–Trinajstić information content (AvgIpc) is 3.22.